The number of aromatic nitrogens is 1. The summed E-state index contributed by atoms with van der Waals surface area (Å²) in [5.41, 5.74) is 5.17. The van der Waals surface area contributed by atoms with E-state index in [1.807, 2.05) is 18.2 Å². The molecule has 96 valence electrons. The van der Waals surface area contributed by atoms with Crippen molar-refractivity contribution in [2.45, 2.75) is 9.79 Å². The van der Waals surface area contributed by atoms with Gasteiger partial charge in [0.1, 0.15) is 5.82 Å². The van der Waals surface area contributed by atoms with Crippen molar-refractivity contribution in [1.82, 2.24) is 4.98 Å². The van der Waals surface area contributed by atoms with Gasteiger partial charge in [-0.05, 0) is 36.4 Å². The van der Waals surface area contributed by atoms with Crippen LogP contribution < -0.4 is 10.9 Å². The van der Waals surface area contributed by atoms with Crippen LogP contribution in [0.5, 0.6) is 0 Å². The van der Waals surface area contributed by atoms with Crippen LogP contribution in [-0.4, -0.2) is 4.98 Å². The summed E-state index contributed by atoms with van der Waals surface area (Å²) in [5, 5.41) is 5.12. The van der Waals surface area contributed by atoms with Crippen molar-refractivity contribution >= 4 is 23.3 Å². The van der Waals surface area contributed by atoms with E-state index in [0.29, 0.717) is 11.5 Å². The Bertz CT molecular complexity index is 507. The summed E-state index contributed by atoms with van der Waals surface area (Å²) in [6.07, 6.45) is 1.64. The first-order chi connectivity index (χ1) is 9.31. The molecule has 0 aliphatic carbocycles. The molecule has 0 atom stereocenters. The predicted molar refractivity (Wildman–Crippen MR) is 73.6 cm³/mol. The number of nitrogens with one attached hydrogen (secondary N) is 2. The molecule has 0 radical (unpaired) electrons. The third kappa shape index (κ3) is 3.75. The fraction of sp³-hybridized carbons (Fsp3) is 0. The summed E-state index contributed by atoms with van der Waals surface area (Å²) in [6, 6.07) is 10.7. The van der Waals surface area contributed by atoms with Gasteiger partial charge in [0.25, 0.3) is 0 Å². The zero-order valence-corrected chi connectivity index (χ0v) is 10.4. The second-order valence-corrected chi connectivity index (χ2v) is 4.56. The van der Waals surface area contributed by atoms with E-state index >= 15 is 0 Å². The molecule has 2 rings (SSSR count). The van der Waals surface area contributed by atoms with Gasteiger partial charge in [0.2, 0.25) is 0 Å². The second kappa shape index (κ2) is 6.45. The molecular formula is C11H9N5O2S. The average Bonchev–Trinajstić information content (AvgIpc) is 2.44. The Balaban J connectivity index is 2.03. The van der Waals surface area contributed by atoms with E-state index in [1.54, 1.807) is 24.4 Å². The van der Waals surface area contributed by atoms with E-state index in [-0.39, 0.29) is 0 Å². The van der Waals surface area contributed by atoms with Crippen molar-refractivity contribution in [2.24, 2.45) is 10.6 Å². The van der Waals surface area contributed by atoms with Crippen molar-refractivity contribution < 1.29 is 0 Å². The molecule has 8 heteroatoms. The number of hydrogen-bond acceptors (Lipinski definition) is 6. The van der Waals surface area contributed by atoms with E-state index in [4.69, 9.17) is 0 Å². The van der Waals surface area contributed by atoms with Crippen molar-refractivity contribution in [1.29, 1.82) is 0 Å². The highest BCUT2D eigenvalue weighted by molar-refractivity contribution is 7.99. The minimum atomic E-state index is 0.399. The molecule has 0 aliphatic heterocycles. The van der Waals surface area contributed by atoms with Gasteiger partial charge < -0.3 is 0 Å². The maximum Gasteiger partial charge on any atom is 0.148 e. The first-order valence-electron chi connectivity index (χ1n) is 5.22. The third-order valence-electron chi connectivity index (χ3n) is 2.16. The molecule has 0 amide bonds. The lowest BCUT2D eigenvalue weighted by atomic mass is 10.3. The van der Waals surface area contributed by atoms with Crippen LogP contribution in [0.2, 0.25) is 0 Å². The minimum Gasteiger partial charge on any atom is -0.242 e. The lowest BCUT2D eigenvalue weighted by Crippen LogP contribution is -1.89. The molecule has 2 aromatic rings. The van der Waals surface area contributed by atoms with Gasteiger partial charge in [0.15, 0.2) is 0 Å². The fourth-order valence-corrected chi connectivity index (χ4v) is 2.13. The van der Waals surface area contributed by atoms with E-state index in [1.165, 1.54) is 11.8 Å². The number of rotatable bonds is 6. The summed E-state index contributed by atoms with van der Waals surface area (Å²) in [6.45, 7) is 0. The summed E-state index contributed by atoms with van der Waals surface area (Å²) >= 11 is 1.51. The predicted octanol–water partition coefficient (Wildman–Crippen LogP) is 3.42. The lowest BCUT2D eigenvalue weighted by Gasteiger charge is -2.03. The summed E-state index contributed by atoms with van der Waals surface area (Å²) in [5.74, 6) is 0.399. The molecule has 2 N–H and O–H groups in total. The third-order valence-corrected chi connectivity index (χ3v) is 3.15. The van der Waals surface area contributed by atoms with Crippen LogP contribution in [0.3, 0.4) is 0 Å². The zero-order chi connectivity index (χ0) is 13.5. The highest BCUT2D eigenvalue weighted by atomic mass is 32.2. The molecule has 0 aliphatic rings. The molecule has 0 saturated heterocycles. The van der Waals surface area contributed by atoms with Gasteiger partial charge >= 0.3 is 0 Å². The van der Waals surface area contributed by atoms with Crippen LogP contribution in [0.4, 0.5) is 11.5 Å². The Hall–Kier alpha value is -2.48. The second-order valence-electron chi connectivity index (χ2n) is 3.41. The lowest BCUT2D eigenvalue weighted by molar-refractivity contribution is 1.17. The van der Waals surface area contributed by atoms with Crippen molar-refractivity contribution in [3.8, 4) is 0 Å². The Morgan fingerprint density at radius 3 is 2.16 bits per heavy atom. The summed E-state index contributed by atoms with van der Waals surface area (Å²) < 4.78 is 0. The van der Waals surface area contributed by atoms with Gasteiger partial charge in [-0.3, -0.25) is 0 Å². The molecule has 0 unspecified atom stereocenters. The number of benzene rings is 1. The van der Waals surface area contributed by atoms with Crippen molar-refractivity contribution in [2.75, 3.05) is 10.9 Å². The van der Waals surface area contributed by atoms with Crippen molar-refractivity contribution in [3.05, 3.63) is 52.4 Å². The highest BCUT2D eigenvalue weighted by Crippen LogP contribution is 2.28. The first kappa shape index (κ1) is 13.0. The molecule has 0 fully saturated rings. The Labute approximate surface area is 112 Å². The van der Waals surface area contributed by atoms with E-state index in [9.17, 15) is 9.81 Å². The van der Waals surface area contributed by atoms with E-state index in [2.05, 4.69) is 26.4 Å². The SMILES string of the molecule is O=NNc1ccc(Sc2ccc(NN=O)nc2)cc1. The van der Waals surface area contributed by atoms with Crippen LogP contribution in [0, 0.1) is 9.81 Å². The van der Waals surface area contributed by atoms with Crippen LogP contribution in [0.1, 0.15) is 0 Å². The van der Waals surface area contributed by atoms with Gasteiger partial charge in [0.05, 0.1) is 16.3 Å². The Morgan fingerprint density at radius 1 is 0.895 bits per heavy atom. The molecule has 1 heterocycles. The topological polar surface area (TPSA) is 95.8 Å². The van der Waals surface area contributed by atoms with Gasteiger partial charge in [-0.2, -0.15) is 0 Å². The van der Waals surface area contributed by atoms with E-state index < -0.39 is 0 Å². The molecule has 1 aromatic heterocycles. The molecule has 0 bridgehead atoms. The molecule has 1 aromatic carbocycles. The average molecular weight is 275 g/mol. The summed E-state index contributed by atoms with van der Waals surface area (Å²) in [7, 11) is 0. The smallest absolute Gasteiger partial charge is 0.148 e. The number of hydrogen-bond donors (Lipinski definition) is 2. The molecule has 0 spiro atoms. The largest absolute Gasteiger partial charge is 0.242 e. The maximum absolute atomic E-state index is 10.0. The van der Waals surface area contributed by atoms with Gasteiger partial charge in [0, 0.05) is 16.0 Å². The number of nitrogens with zero attached hydrogens (tertiary/aromatic N) is 3. The quantitative estimate of drug-likeness (QED) is 0.619. The maximum atomic E-state index is 10.0. The monoisotopic (exact) mass is 275 g/mol. The van der Waals surface area contributed by atoms with Gasteiger partial charge in [-0.15, -0.1) is 9.81 Å². The molecule has 19 heavy (non-hydrogen) atoms. The normalized spacial score (nSPS) is 9.68. The molecular weight excluding hydrogens is 266 g/mol. The number of pyridine rings is 1. The highest BCUT2D eigenvalue weighted by Gasteiger charge is 1.99. The minimum absolute atomic E-state index is 0.399. The fourth-order valence-electron chi connectivity index (χ4n) is 1.34. The van der Waals surface area contributed by atoms with Crippen LogP contribution in [0.15, 0.2) is 63.0 Å². The summed E-state index contributed by atoms with van der Waals surface area (Å²) in [4.78, 5) is 26.0. The Morgan fingerprint density at radius 2 is 1.58 bits per heavy atom. The number of nitroso groups, excluding NO2 is 2. The number of anilines is 2. The van der Waals surface area contributed by atoms with Gasteiger partial charge in [-0.1, -0.05) is 11.8 Å². The Kier molecular flexibility index (Phi) is 4.40. The molecule has 0 saturated carbocycles. The first-order valence-corrected chi connectivity index (χ1v) is 6.04. The van der Waals surface area contributed by atoms with Crippen LogP contribution in [-0.2, 0) is 0 Å². The molecule has 7 nitrogen and oxygen atoms in total. The van der Waals surface area contributed by atoms with Crippen LogP contribution in [0.25, 0.3) is 0 Å². The standard InChI is InChI=1S/C11H9N5O2S/c17-15-13-8-1-3-9(4-2-8)19-10-5-6-11(12-7-10)14-16-18/h1-7H,(H,13,17)(H,12,14,18). The van der Waals surface area contributed by atoms with Gasteiger partial charge in [-0.25, -0.2) is 15.8 Å². The zero-order valence-electron chi connectivity index (χ0n) is 9.61. The van der Waals surface area contributed by atoms with Crippen molar-refractivity contribution in [3.63, 3.8) is 0 Å². The van der Waals surface area contributed by atoms with E-state index in [0.717, 1.165) is 9.79 Å². The van der Waals surface area contributed by atoms with Crippen LogP contribution >= 0.6 is 11.8 Å².